The van der Waals surface area contributed by atoms with Gasteiger partial charge in [0.15, 0.2) is 0 Å². The maximum absolute atomic E-state index is 13.7. The van der Waals surface area contributed by atoms with Crippen molar-refractivity contribution >= 4 is 11.7 Å². The molecule has 1 fully saturated rings. The van der Waals surface area contributed by atoms with Crippen molar-refractivity contribution in [1.82, 2.24) is 0 Å². The van der Waals surface area contributed by atoms with Crippen LogP contribution >= 0.6 is 0 Å². The highest BCUT2D eigenvalue weighted by Gasteiger charge is 2.19. The van der Waals surface area contributed by atoms with E-state index in [1.165, 1.54) is 6.07 Å². The van der Waals surface area contributed by atoms with Gasteiger partial charge in [0.05, 0.1) is 11.7 Å². The summed E-state index contributed by atoms with van der Waals surface area (Å²) in [6.45, 7) is 1.27. The second-order valence-corrected chi connectivity index (χ2v) is 4.16. The monoisotopic (exact) mass is 254 g/mol. The smallest absolute Gasteiger partial charge is 0.335 e. The van der Waals surface area contributed by atoms with Crippen LogP contribution in [0.4, 0.5) is 10.1 Å². The van der Waals surface area contributed by atoms with Crippen molar-refractivity contribution < 1.29 is 19.0 Å². The summed E-state index contributed by atoms with van der Waals surface area (Å²) in [7, 11) is 0. The predicted octanol–water partition coefficient (Wildman–Crippen LogP) is 1.18. The van der Waals surface area contributed by atoms with E-state index in [-0.39, 0.29) is 18.2 Å². The highest BCUT2D eigenvalue weighted by Crippen LogP contribution is 2.22. The third-order valence-electron chi connectivity index (χ3n) is 2.96. The average molecular weight is 254 g/mol. The van der Waals surface area contributed by atoms with Crippen LogP contribution in [0.25, 0.3) is 0 Å². The van der Waals surface area contributed by atoms with E-state index in [1.807, 2.05) is 0 Å². The van der Waals surface area contributed by atoms with E-state index in [4.69, 9.17) is 15.6 Å². The van der Waals surface area contributed by atoms with Crippen LogP contribution in [-0.4, -0.2) is 30.3 Å². The van der Waals surface area contributed by atoms with Crippen LogP contribution in [0.15, 0.2) is 12.1 Å². The lowest BCUT2D eigenvalue weighted by molar-refractivity contribution is -0.0410. The Kier molecular flexibility index (Phi) is 3.78. The zero-order valence-electron chi connectivity index (χ0n) is 9.78. The molecule has 2 rings (SSSR count). The van der Waals surface area contributed by atoms with Crippen molar-refractivity contribution in [3.63, 3.8) is 0 Å². The number of carboxylic acid groups (broad SMARTS) is 1. The van der Waals surface area contributed by atoms with Crippen molar-refractivity contribution in [1.29, 1.82) is 0 Å². The van der Waals surface area contributed by atoms with E-state index in [1.54, 1.807) is 0 Å². The fraction of sp³-hybridized carbons (Fsp3) is 0.417. The molecule has 98 valence electrons. The zero-order valence-corrected chi connectivity index (χ0v) is 9.78. The summed E-state index contributed by atoms with van der Waals surface area (Å²) in [5, 5.41) is 11.9. The molecular weight excluding hydrogens is 239 g/mol. The van der Waals surface area contributed by atoms with Gasteiger partial charge in [-0.05, 0) is 18.6 Å². The summed E-state index contributed by atoms with van der Waals surface area (Å²) in [6, 6.07) is 2.38. The number of benzene rings is 1. The Bertz CT molecular complexity index is 461. The number of nitrogens with one attached hydrogen (secondary N) is 1. The molecule has 0 aliphatic carbocycles. The van der Waals surface area contributed by atoms with Gasteiger partial charge in [0.2, 0.25) is 0 Å². The molecule has 0 bridgehead atoms. The molecule has 5 nitrogen and oxygen atoms in total. The van der Waals surface area contributed by atoms with Crippen molar-refractivity contribution in [2.45, 2.75) is 19.1 Å². The van der Waals surface area contributed by atoms with Crippen LogP contribution in [0.2, 0.25) is 0 Å². The summed E-state index contributed by atoms with van der Waals surface area (Å²) >= 11 is 0. The summed E-state index contributed by atoms with van der Waals surface area (Å²) in [5.41, 5.74) is 6.09. The number of nitrogens with two attached hydrogens (primary N) is 1. The lowest BCUT2D eigenvalue weighted by Crippen LogP contribution is -2.33. The van der Waals surface area contributed by atoms with E-state index in [9.17, 15) is 9.18 Å². The van der Waals surface area contributed by atoms with Gasteiger partial charge in [-0.3, -0.25) is 0 Å². The summed E-state index contributed by atoms with van der Waals surface area (Å²) in [4.78, 5) is 10.9. The molecule has 1 aliphatic rings. The lowest BCUT2D eigenvalue weighted by atomic mass is 10.1. The Labute approximate surface area is 104 Å². The number of carbonyl (C=O) groups is 1. The van der Waals surface area contributed by atoms with Crippen LogP contribution < -0.4 is 11.1 Å². The maximum atomic E-state index is 13.7. The van der Waals surface area contributed by atoms with Gasteiger partial charge in [-0.15, -0.1) is 0 Å². The van der Waals surface area contributed by atoms with E-state index < -0.39 is 11.8 Å². The van der Waals surface area contributed by atoms with Gasteiger partial charge < -0.3 is 20.9 Å². The molecule has 1 aliphatic heterocycles. The summed E-state index contributed by atoms with van der Waals surface area (Å²) in [6.07, 6.45) is 1.05. The highest BCUT2D eigenvalue weighted by atomic mass is 19.1. The van der Waals surface area contributed by atoms with Gasteiger partial charge >= 0.3 is 5.97 Å². The molecule has 1 heterocycles. The van der Waals surface area contributed by atoms with Gasteiger partial charge in [0.25, 0.3) is 0 Å². The van der Waals surface area contributed by atoms with Crippen molar-refractivity contribution in [2.24, 2.45) is 5.73 Å². The molecule has 0 saturated carbocycles. The van der Waals surface area contributed by atoms with Gasteiger partial charge in [-0.25, -0.2) is 9.18 Å². The molecular formula is C12H15FN2O3. The molecule has 1 atom stereocenters. The third kappa shape index (κ3) is 2.60. The third-order valence-corrected chi connectivity index (χ3v) is 2.96. The van der Waals surface area contributed by atoms with Crippen molar-refractivity contribution in [2.75, 3.05) is 18.5 Å². The molecule has 6 heteroatoms. The first-order valence-corrected chi connectivity index (χ1v) is 5.73. The lowest BCUT2D eigenvalue weighted by Gasteiger charge is -2.27. The van der Waals surface area contributed by atoms with E-state index in [0.29, 0.717) is 17.8 Å². The molecule has 1 saturated heterocycles. The Morgan fingerprint density at radius 2 is 2.33 bits per heavy atom. The fourth-order valence-electron chi connectivity index (χ4n) is 1.79. The average Bonchev–Trinajstić information content (AvgIpc) is 2.26. The van der Waals surface area contributed by atoms with Crippen LogP contribution in [-0.2, 0) is 11.3 Å². The minimum Gasteiger partial charge on any atom is -0.478 e. The highest BCUT2D eigenvalue weighted by molar-refractivity contribution is 5.89. The van der Waals surface area contributed by atoms with Crippen LogP contribution in [0.3, 0.4) is 0 Å². The molecule has 4 N–H and O–H groups in total. The molecule has 18 heavy (non-hydrogen) atoms. The zero-order chi connectivity index (χ0) is 13.1. The number of aromatic carboxylic acids is 1. The number of ether oxygens (including phenoxy) is 1. The molecule has 0 amide bonds. The predicted molar refractivity (Wildman–Crippen MR) is 64.1 cm³/mol. The second-order valence-electron chi connectivity index (χ2n) is 4.16. The minimum absolute atomic E-state index is 0.0135. The molecule has 0 spiro atoms. The number of hydrogen-bond acceptors (Lipinski definition) is 4. The maximum Gasteiger partial charge on any atom is 0.335 e. The molecule has 1 aromatic rings. The summed E-state index contributed by atoms with van der Waals surface area (Å²) < 4.78 is 18.9. The van der Waals surface area contributed by atoms with E-state index >= 15 is 0 Å². The number of anilines is 1. The first kappa shape index (κ1) is 12.8. The Morgan fingerprint density at radius 3 is 2.83 bits per heavy atom. The normalized spacial score (nSPS) is 18.2. The Balaban J connectivity index is 2.20. The Morgan fingerprint density at radius 1 is 1.61 bits per heavy atom. The standard InChI is InChI=1S/C12H15FN2O3/c13-10-3-7(12(16)17)4-11(9(10)5-14)15-6-8-1-2-18-8/h3-4,8,15H,1-2,5-6,14H2,(H,16,17)/t8-/m0/s1. The van der Waals surface area contributed by atoms with Gasteiger partial charge in [-0.2, -0.15) is 0 Å². The van der Waals surface area contributed by atoms with Gasteiger partial charge in [0, 0.05) is 30.9 Å². The molecule has 0 radical (unpaired) electrons. The Hall–Kier alpha value is -1.66. The van der Waals surface area contributed by atoms with Crippen LogP contribution in [0.1, 0.15) is 22.3 Å². The van der Waals surface area contributed by atoms with Crippen LogP contribution in [0, 0.1) is 5.82 Å². The SMILES string of the molecule is NCc1c(F)cc(C(=O)O)cc1NC[C@@H]1CCO1. The number of hydrogen-bond donors (Lipinski definition) is 3. The van der Waals surface area contributed by atoms with Gasteiger partial charge in [0.1, 0.15) is 5.82 Å². The number of halogens is 1. The van der Waals surface area contributed by atoms with Crippen molar-refractivity contribution in [3.05, 3.63) is 29.1 Å². The first-order chi connectivity index (χ1) is 8.61. The van der Waals surface area contributed by atoms with Crippen molar-refractivity contribution in [3.8, 4) is 0 Å². The van der Waals surface area contributed by atoms with E-state index in [0.717, 1.165) is 19.1 Å². The number of carboxylic acids is 1. The molecule has 0 unspecified atom stereocenters. The van der Waals surface area contributed by atoms with Crippen LogP contribution in [0.5, 0.6) is 0 Å². The largest absolute Gasteiger partial charge is 0.478 e. The number of rotatable bonds is 5. The summed E-state index contributed by atoms with van der Waals surface area (Å²) in [5.74, 6) is -1.77. The minimum atomic E-state index is -1.17. The quantitative estimate of drug-likeness (QED) is 0.734. The fourth-order valence-corrected chi connectivity index (χ4v) is 1.79. The first-order valence-electron chi connectivity index (χ1n) is 5.73. The van der Waals surface area contributed by atoms with Gasteiger partial charge in [-0.1, -0.05) is 0 Å². The topological polar surface area (TPSA) is 84.6 Å². The molecule has 0 aromatic heterocycles. The van der Waals surface area contributed by atoms with E-state index in [2.05, 4.69) is 5.32 Å². The second kappa shape index (κ2) is 5.32. The molecule has 1 aromatic carbocycles.